The van der Waals surface area contributed by atoms with Crippen LogP contribution in [0.5, 0.6) is 0 Å². The summed E-state index contributed by atoms with van der Waals surface area (Å²) in [6, 6.07) is 11.7. The average Bonchev–Trinajstić information content (AvgIpc) is 3.23. The van der Waals surface area contributed by atoms with E-state index >= 15 is 0 Å². The second kappa shape index (κ2) is 6.88. The van der Waals surface area contributed by atoms with E-state index in [-0.39, 0.29) is 5.56 Å². The predicted octanol–water partition coefficient (Wildman–Crippen LogP) is 6.21. The molecule has 0 aliphatic rings. The molecule has 4 aromatic rings. The van der Waals surface area contributed by atoms with Gasteiger partial charge in [-0.15, -0.1) is 22.7 Å². The van der Waals surface area contributed by atoms with Gasteiger partial charge in [0.05, 0.1) is 10.4 Å². The van der Waals surface area contributed by atoms with Crippen LogP contribution in [0.2, 0.25) is 0 Å². The summed E-state index contributed by atoms with van der Waals surface area (Å²) in [5, 5.41) is 4.97. The SMILES string of the molecule is O=c1[nH]c(C(Cl)=Cc2cccc(Br)c2)nc2scc(-c3cccs3)c12. The van der Waals surface area contributed by atoms with E-state index in [1.54, 1.807) is 17.4 Å². The largest absolute Gasteiger partial charge is 0.305 e. The highest BCUT2D eigenvalue weighted by molar-refractivity contribution is 9.10. The number of nitrogens with zero attached hydrogens (tertiary/aromatic N) is 1. The maximum absolute atomic E-state index is 12.6. The molecule has 0 aliphatic carbocycles. The van der Waals surface area contributed by atoms with E-state index in [0.29, 0.717) is 21.1 Å². The molecule has 0 aliphatic heterocycles. The smallest absolute Gasteiger partial charge is 0.260 e. The second-order valence-corrected chi connectivity index (χ2v) is 8.40. The molecule has 3 nitrogen and oxygen atoms in total. The van der Waals surface area contributed by atoms with Crippen LogP contribution >= 0.6 is 50.2 Å². The number of hydrogen-bond acceptors (Lipinski definition) is 4. The molecule has 124 valence electrons. The van der Waals surface area contributed by atoms with Crippen molar-refractivity contribution in [1.29, 1.82) is 0 Å². The standard InChI is InChI=1S/C18H10BrClN2OS2/c19-11-4-1-3-10(7-11)8-13(20)16-21-17(23)15-12(9-25-18(15)22-16)14-5-2-6-24-14/h1-9H,(H,21,22,23). The number of aromatic nitrogens is 2. The minimum atomic E-state index is -0.176. The van der Waals surface area contributed by atoms with Crippen LogP contribution in [0.25, 0.3) is 31.8 Å². The number of thiophene rings is 2. The number of rotatable bonds is 3. The van der Waals surface area contributed by atoms with Gasteiger partial charge < -0.3 is 4.98 Å². The predicted molar refractivity (Wildman–Crippen MR) is 111 cm³/mol. The molecule has 7 heteroatoms. The van der Waals surface area contributed by atoms with Gasteiger partial charge in [-0.2, -0.15) is 0 Å². The first-order chi connectivity index (χ1) is 12.1. The number of hydrogen-bond donors (Lipinski definition) is 1. The molecule has 3 heterocycles. The quantitative estimate of drug-likeness (QED) is 0.404. The molecule has 25 heavy (non-hydrogen) atoms. The first-order valence-electron chi connectivity index (χ1n) is 7.30. The Morgan fingerprint density at radius 3 is 2.88 bits per heavy atom. The Balaban J connectivity index is 1.81. The van der Waals surface area contributed by atoms with Crippen molar-refractivity contribution in [2.45, 2.75) is 0 Å². The zero-order chi connectivity index (χ0) is 17.4. The molecule has 0 spiro atoms. The van der Waals surface area contributed by atoms with Crippen LogP contribution in [0, 0.1) is 0 Å². The van der Waals surface area contributed by atoms with E-state index in [1.165, 1.54) is 11.3 Å². The molecule has 0 unspecified atom stereocenters. The number of aromatic amines is 1. The molecule has 3 aromatic heterocycles. The monoisotopic (exact) mass is 448 g/mol. The van der Waals surface area contributed by atoms with Crippen molar-refractivity contribution in [3.05, 3.63) is 73.4 Å². The summed E-state index contributed by atoms with van der Waals surface area (Å²) in [5.74, 6) is 0.374. The highest BCUT2D eigenvalue weighted by Gasteiger charge is 2.14. The summed E-state index contributed by atoms with van der Waals surface area (Å²) in [6.45, 7) is 0. The Labute approximate surface area is 164 Å². The van der Waals surface area contributed by atoms with Gasteiger partial charge in [-0.3, -0.25) is 4.79 Å². The second-order valence-electron chi connectivity index (χ2n) is 5.27. The first kappa shape index (κ1) is 16.7. The normalized spacial score (nSPS) is 12.0. The molecule has 1 N–H and O–H groups in total. The fraction of sp³-hybridized carbons (Fsp3) is 0. The molecule has 0 radical (unpaired) electrons. The van der Waals surface area contributed by atoms with Crippen LogP contribution < -0.4 is 5.56 Å². The van der Waals surface area contributed by atoms with Gasteiger partial charge in [0, 0.05) is 20.3 Å². The lowest BCUT2D eigenvalue weighted by atomic mass is 10.2. The van der Waals surface area contributed by atoms with Crippen molar-refractivity contribution in [3.63, 3.8) is 0 Å². The number of benzene rings is 1. The van der Waals surface area contributed by atoms with Crippen molar-refractivity contribution in [2.75, 3.05) is 0 Å². The van der Waals surface area contributed by atoms with E-state index < -0.39 is 0 Å². The molecule has 4 rings (SSSR count). The van der Waals surface area contributed by atoms with Gasteiger partial charge in [0.2, 0.25) is 0 Å². The Morgan fingerprint density at radius 1 is 1.24 bits per heavy atom. The summed E-state index contributed by atoms with van der Waals surface area (Å²) < 4.78 is 0.960. The fourth-order valence-electron chi connectivity index (χ4n) is 2.49. The molecular formula is C18H10BrClN2OS2. The van der Waals surface area contributed by atoms with Crippen molar-refractivity contribution in [3.8, 4) is 10.4 Å². The van der Waals surface area contributed by atoms with Gasteiger partial charge >= 0.3 is 0 Å². The van der Waals surface area contributed by atoms with E-state index in [2.05, 4.69) is 25.9 Å². The van der Waals surface area contributed by atoms with Crippen LogP contribution in [-0.2, 0) is 0 Å². The highest BCUT2D eigenvalue weighted by Crippen LogP contribution is 2.34. The van der Waals surface area contributed by atoms with E-state index in [4.69, 9.17) is 11.6 Å². The highest BCUT2D eigenvalue weighted by atomic mass is 79.9. The number of fused-ring (bicyclic) bond motifs is 1. The maximum atomic E-state index is 12.6. The summed E-state index contributed by atoms with van der Waals surface area (Å²) in [5.41, 5.74) is 1.67. The third kappa shape index (κ3) is 3.35. The maximum Gasteiger partial charge on any atom is 0.260 e. The lowest BCUT2D eigenvalue weighted by Gasteiger charge is -2.01. The van der Waals surface area contributed by atoms with Crippen molar-refractivity contribution < 1.29 is 0 Å². The van der Waals surface area contributed by atoms with Crippen LogP contribution in [0.4, 0.5) is 0 Å². The van der Waals surface area contributed by atoms with Crippen LogP contribution in [-0.4, -0.2) is 9.97 Å². The van der Waals surface area contributed by atoms with Crippen molar-refractivity contribution >= 4 is 71.5 Å². The molecular weight excluding hydrogens is 440 g/mol. The zero-order valence-electron chi connectivity index (χ0n) is 12.6. The van der Waals surface area contributed by atoms with Crippen LogP contribution in [0.1, 0.15) is 11.4 Å². The minimum Gasteiger partial charge on any atom is -0.305 e. The summed E-state index contributed by atoms with van der Waals surface area (Å²) in [6.07, 6.45) is 1.78. The molecule has 0 atom stereocenters. The zero-order valence-corrected chi connectivity index (χ0v) is 16.6. The van der Waals surface area contributed by atoms with Crippen LogP contribution in [0.15, 0.2) is 56.4 Å². The van der Waals surface area contributed by atoms with Crippen molar-refractivity contribution in [1.82, 2.24) is 9.97 Å². The Morgan fingerprint density at radius 2 is 2.12 bits per heavy atom. The molecule has 0 amide bonds. The Hall–Kier alpha value is -1.73. The molecule has 0 fully saturated rings. The van der Waals surface area contributed by atoms with Gasteiger partial charge in [0.15, 0.2) is 5.82 Å². The fourth-order valence-corrected chi connectivity index (χ4v) is 4.88. The van der Waals surface area contributed by atoms with Gasteiger partial charge in [-0.25, -0.2) is 4.98 Å². The van der Waals surface area contributed by atoms with Crippen LogP contribution in [0.3, 0.4) is 0 Å². The Kier molecular flexibility index (Phi) is 4.60. The summed E-state index contributed by atoms with van der Waals surface area (Å²) in [7, 11) is 0. The molecule has 0 saturated heterocycles. The topological polar surface area (TPSA) is 45.8 Å². The van der Waals surface area contributed by atoms with Gasteiger partial charge in [0.1, 0.15) is 4.83 Å². The molecule has 0 saturated carbocycles. The molecule has 0 bridgehead atoms. The van der Waals surface area contributed by atoms with Crippen molar-refractivity contribution in [2.24, 2.45) is 0 Å². The van der Waals surface area contributed by atoms with Gasteiger partial charge in [-0.1, -0.05) is 45.7 Å². The third-order valence-corrected chi connectivity index (χ3v) is 6.16. The van der Waals surface area contributed by atoms with Gasteiger partial charge in [-0.05, 0) is 35.2 Å². The van der Waals surface area contributed by atoms with Gasteiger partial charge in [0.25, 0.3) is 5.56 Å². The van der Waals surface area contributed by atoms with E-state index in [9.17, 15) is 4.79 Å². The van der Waals surface area contributed by atoms with E-state index in [1.807, 2.05) is 47.2 Å². The average molecular weight is 450 g/mol. The number of nitrogens with one attached hydrogen (secondary N) is 1. The molecule has 1 aromatic carbocycles. The summed E-state index contributed by atoms with van der Waals surface area (Å²) >= 11 is 12.9. The first-order valence-corrected chi connectivity index (χ1v) is 10.2. The summed E-state index contributed by atoms with van der Waals surface area (Å²) in [4.78, 5) is 21.7. The lowest BCUT2D eigenvalue weighted by Crippen LogP contribution is -2.10. The minimum absolute atomic E-state index is 0.176. The number of halogens is 2. The van der Waals surface area contributed by atoms with E-state index in [0.717, 1.165) is 20.5 Å². The Bertz CT molecular complexity index is 1150. The third-order valence-electron chi connectivity index (χ3n) is 3.60. The lowest BCUT2D eigenvalue weighted by molar-refractivity contribution is 1.14. The number of H-pyrrole nitrogens is 1.